The van der Waals surface area contributed by atoms with Gasteiger partial charge in [-0.25, -0.2) is 5.43 Å². The number of nitrogens with two attached hydrogens (primary N) is 1. The lowest BCUT2D eigenvalue weighted by Crippen LogP contribution is -2.29. The molecule has 0 aromatic carbocycles. The van der Waals surface area contributed by atoms with E-state index in [0.29, 0.717) is 11.6 Å². The van der Waals surface area contributed by atoms with Gasteiger partial charge in [-0.05, 0) is 30.2 Å². The third-order valence-corrected chi connectivity index (χ3v) is 2.98. The second-order valence-corrected chi connectivity index (χ2v) is 4.74. The summed E-state index contributed by atoms with van der Waals surface area (Å²) < 4.78 is 5.57. The van der Waals surface area contributed by atoms with Crippen molar-refractivity contribution in [3.8, 4) is 5.75 Å². The molecule has 5 nitrogen and oxygen atoms in total. The van der Waals surface area contributed by atoms with Crippen molar-refractivity contribution in [3.05, 3.63) is 53.1 Å². The predicted octanol–water partition coefficient (Wildman–Crippen LogP) is 2.47. The minimum atomic E-state index is -0.259. The van der Waals surface area contributed by atoms with E-state index in [4.69, 9.17) is 22.2 Å². The van der Waals surface area contributed by atoms with Gasteiger partial charge in [-0.3, -0.25) is 15.8 Å². The summed E-state index contributed by atoms with van der Waals surface area (Å²) in [5.41, 5.74) is 4.39. The van der Waals surface area contributed by atoms with Crippen LogP contribution in [0.5, 0.6) is 5.75 Å². The van der Waals surface area contributed by atoms with Crippen molar-refractivity contribution in [1.29, 1.82) is 0 Å². The second-order valence-electron chi connectivity index (χ2n) is 4.30. The molecule has 3 N–H and O–H groups in total. The van der Waals surface area contributed by atoms with Crippen LogP contribution in [0.25, 0.3) is 0 Å². The van der Waals surface area contributed by atoms with E-state index in [9.17, 15) is 0 Å². The molecule has 0 saturated heterocycles. The van der Waals surface area contributed by atoms with E-state index in [-0.39, 0.29) is 6.04 Å². The Balaban J connectivity index is 2.24. The Morgan fingerprint density at radius 3 is 2.85 bits per heavy atom. The van der Waals surface area contributed by atoms with Gasteiger partial charge in [0.1, 0.15) is 5.75 Å². The van der Waals surface area contributed by atoms with Crippen LogP contribution in [0.15, 0.2) is 36.8 Å². The highest BCUT2D eigenvalue weighted by Crippen LogP contribution is 2.23. The number of pyridine rings is 2. The maximum Gasteiger partial charge on any atom is 0.137 e. The van der Waals surface area contributed by atoms with Crippen LogP contribution < -0.4 is 16.0 Å². The SMILES string of the molecule is CCCOc1cncc(C(NN)c2ccc(Cl)cn2)c1. The summed E-state index contributed by atoms with van der Waals surface area (Å²) in [6.45, 7) is 2.71. The summed E-state index contributed by atoms with van der Waals surface area (Å²) in [5.74, 6) is 6.35. The number of hydrazine groups is 1. The summed E-state index contributed by atoms with van der Waals surface area (Å²) in [6, 6.07) is 5.25. The summed E-state index contributed by atoms with van der Waals surface area (Å²) in [7, 11) is 0. The van der Waals surface area contributed by atoms with Gasteiger partial charge in [-0.1, -0.05) is 18.5 Å². The van der Waals surface area contributed by atoms with Crippen LogP contribution in [0.4, 0.5) is 0 Å². The Bertz CT molecular complexity index is 547. The van der Waals surface area contributed by atoms with Gasteiger partial charge in [0.05, 0.1) is 29.6 Å². The molecule has 0 amide bonds. The molecular formula is C14H17ClN4O. The molecule has 20 heavy (non-hydrogen) atoms. The molecule has 0 aliphatic carbocycles. The predicted molar refractivity (Wildman–Crippen MR) is 78.4 cm³/mol. The van der Waals surface area contributed by atoms with Crippen LogP contribution in [0.3, 0.4) is 0 Å². The van der Waals surface area contributed by atoms with E-state index < -0.39 is 0 Å². The van der Waals surface area contributed by atoms with Gasteiger partial charge in [-0.2, -0.15) is 0 Å². The lowest BCUT2D eigenvalue weighted by Gasteiger charge is -2.16. The third-order valence-electron chi connectivity index (χ3n) is 2.75. The van der Waals surface area contributed by atoms with E-state index in [1.165, 1.54) is 0 Å². The van der Waals surface area contributed by atoms with Crippen molar-refractivity contribution in [2.45, 2.75) is 19.4 Å². The fourth-order valence-electron chi connectivity index (χ4n) is 1.80. The number of rotatable bonds is 6. The Morgan fingerprint density at radius 2 is 2.20 bits per heavy atom. The van der Waals surface area contributed by atoms with Crippen molar-refractivity contribution in [2.24, 2.45) is 5.84 Å². The molecule has 2 heterocycles. The standard InChI is InChI=1S/C14H17ClN4O/c1-2-5-20-12-6-10(7-17-9-12)14(19-16)13-4-3-11(15)8-18-13/h3-4,6-9,14,19H,2,5,16H2,1H3. The topological polar surface area (TPSA) is 73.1 Å². The van der Waals surface area contributed by atoms with Gasteiger partial charge in [-0.15, -0.1) is 0 Å². The van der Waals surface area contributed by atoms with Gasteiger partial charge >= 0.3 is 0 Å². The van der Waals surface area contributed by atoms with Gasteiger partial charge < -0.3 is 4.74 Å². The lowest BCUT2D eigenvalue weighted by atomic mass is 10.1. The highest BCUT2D eigenvalue weighted by molar-refractivity contribution is 6.30. The summed E-state index contributed by atoms with van der Waals surface area (Å²) >= 11 is 5.84. The first-order valence-corrected chi connectivity index (χ1v) is 6.77. The molecule has 1 atom stereocenters. The van der Waals surface area contributed by atoms with Crippen molar-refractivity contribution < 1.29 is 4.74 Å². The largest absolute Gasteiger partial charge is 0.492 e. The number of halogens is 1. The van der Waals surface area contributed by atoms with E-state index in [1.807, 2.05) is 12.1 Å². The molecule has 1 unspecified atom stereocenters. The van der Waals surface area contributed by atoms with Gasteiger partial charge in [0.2, 0.25) is 0 Å². The summed E-state index contributed by atoms with van der Waals surface area (Å²) in [5, 5.41) is 0.586. The van der Waals surface area contributed by atoms with Crippen LogP contribution in [0.2, 0.25) is 5.02 Å². The molecule has 0 aliphatic rings. The first-order valence-electron chi connectivity index (χ1n) is 6.40. The number of hydrogen-bond acceptors (Lipinski definition) is 5. The quantitative estimate of drug-likeness (QED) is 0.632. The molecule has 0 fully saturated rings. The molecule has 0 saturated carbocycles. The molecule has 0 radical (unpaired) electrons. The molecule has 2 aromatic heterocycles. The molecular weight excluding hydrogens is 276 g/mol. The van der Waals surface area contributed by atoms with Crippen molar-refractivity contribution in [1.82, 2.24) is 15.4 Å². The molecule has 0 aliphatic heterocycles. The first-order chi connectivity index (χ1) is 9.74. The fourth-order valence-corrected chi connectivity index (χ4v) is 1.91. The zero-order chi connectivity index (χ0) is 14.4. The average molecular weight is 293 g/mol. The van der Waals surface area contributed by atoms with Gasteiger partial charge in [0.25, 0.3) is 0 Å². The number of aromatic nitrogens is 2. The van der Waals surface area contributed by atoms with Crippen LogP contribution in [0.1, 0.15) is 30.6 Å². The number of ether oxygens (including phenoxy) is 1. The lowest BCUT2D eigenvalue weighted by molar-refractivity contribution is 0.315. The monoisotopic (exact) mass is 292 g/mol. The molecule has 0 spiro atoms. The highest BCUT2D eigenvalue weighted by atomic mass is 35.5. The molecule has 0 bridgehead atoms. The fraction of sp³-hybridized carbons (Fsp3) is 0.286. The highest BCUT2D eigenvalue weighted by Gasteiger charge is 2.15. The minimum Gasteiger partial charge on any atom is -0.492 e. The smallest absolute Gasteiger partial charge is 0.137 e. The molecule has 106 valence electrons. The molecule has 6 heteroatoms. The van der Waals surface area contributed by atoms with Gasteiger partial charge in [0.15, 0.2) is 0 Å². The van der Waals surface area contributed by atoms with Crippen LogP contribution in [-0.4, -0.2) is 16.6 Å². The van der Waals surface area contributed by atoms with Crippen LogP contribution in [0, 0.1) is 0 Å². The average Bonchev–Trinajstić information content (AvgIpc) is 2.48. The van der Waals surface area contributed by atoms with E-state index >= 15 is 0 Å². The number of nitrogens with zero attached hydrogens (tertiary/aromatic N) is 2. The zero-order valence-electron chi connectivity index (χ0n) is 11.2. The summed E-state index contributed by atoms with van der Waals surface area (Å²) in [6.07, 6.45) is 5.95. The minimum absolute atomic E-state index is 0.259. The van der Waals surface area contributed by atoms with Crippen molar-refractivity contribution in [2.75, 3.05) is 6.61 Å². The van der Waals surface area contributed by atoms with E-state index in [2.05, 4.69) is 22.3 Å². The van der Waals surface area contributed by atoms with Crippen molar-refractivity contribution >= 4 is 11.6 Å². The second kappa shape index (κ2) is 7.19. The van der Waals surface area contributed by atoms with Crippen LogP contribution in [-0.2, 0) is 0 Å². The van der Waals surface area contributed by atoms with E-state index in [0.717, 1.165) is 23.4 Å². The maximum absolute atomic E-state index is 5.84. The Kier molecular flexibility index (Phi) is 5.29. The third kappa shape index (κ3) is 3.66. The zero-order valence-corrected chi connectivity index (χ0v) is 12.0. The maximum atomic E-state index is 5.84. The van der Waals surface area contributed by atoms with Gasteiger partial charge in [0, 0.05) is 12.4 Å². The summed E-state index contributed by atoms with van der Waals surface area (Å²) in [4.78, 5) is 8.45. The molecule has 2 aromatic rings. The molecule has 2 rings (SSSR count). The first kappa shape index (κ1) is 14.7. The number of hydrogen-bond donors (Lipinski definition) is 2. The number of nitrogens with one attached hydrogen (secondary N) is 1. The Morgan fingerprint density at radius 1 is 1.35 bits per heavy atom. The van der Waals surface area contributed by atoms with E-state index in [1.54, 1.807) is 24.7 Å². The Labute approximate surface area is 123 Å². The normalized spacial score (nSPS) is 12.2. The van der Waals surface area contributed by atoms with Crippen LogP contribution >= 0.6 is 11.6 Å². The Hall–Kier alpha value is -1.69. The van der Waals surface area contributed by atoms with Crippen molar-refractivity contribution in [3.63, 3.8) is 0 Å².